The second-order valence-electron chi connectivity index (χ2n) is 3.73. The van der Waals surface area contributed by atoms with Gasteiger partial charge in [-0.15, -0.1) is 6.58 Å². The van der Waals surface area contributed by atoms with Crippen LogP contribution in [-0.4, -0.2) is 6.29 Å². The van der Waals surface area contributed by atoms with Gasteiger partial charge in [0.1, 0.15) is 6.29 Å². The van der Waals surface area contributed by atoms with E-state index in [2.05, 4.69) is 19.6 Å². The van der Waals surface area contributed by atoms with Crippen molar-refractivity contribution in [2.45, 2.75) is 32.6 Å². The Morgan fingerprint density at radius 2 is 2.50 bits per heavy atom. The summed E-state index contributed by atoms with van der Waals surface area (Å²) in [7, 11) is 0. The van der Waals surface area contributed by atoms with Crippen LogP contribution >= 0.6 is 0 Å². The number of allylic oxidation sites excluding steroid dienone is 3. The first-order chi connectivity index (χ1) is 5.72. The second-order valence-corrected chi connectivity index (χ2v) is 3.73. The molecule has 0 aromatic rings. The van der Waals surface area contributed by atoms with E-state index >= 15 is 0 Å². The third kappa shape index (κ3) is 1.84. The molecule has 0 radical (unpaired) electrons. The first kappa shape index (κ1) is 9.24. The quantitative estimate of drug-likeness (QED) is 0.463. The van der Waals surface area contributed by atoms with Crippen LogP contribution in [0.1, 0.15) is 32.6 Å². The van der Waals surface area contributed by atoms with Crippen molar-refractivity contribution < 1.29 is 4.79 Å². The van der Waals surface area contributed by atoms with E-state index in [1.54, 1.807) is 0 Å². The molecule has 0 N–H and O–H groups in total. The fourth-order valence-corrected chi connectivity index (χ4v) is 1.66. The highest BCUT2D eigenvalue weighted by atomic mass is 16.1. The van der Waals surface area contributed by atoms with Crippen LogP contribution in [0.3, 0.4) is 0 Å². The van der Waals surface area contributed by atoms with Crippen molar-refractivity contribution in [1.82, 2.24) is 0 Å². The SMILES string of the molecule is C=CCC1(C=O)CC=C(C)CC1. The molecule has 1 rings (SSSR count). The summed E-state index contributed by atoms with van der Waals surface area (Å²) in [6.07, 6.45) is 8.91. The van der Waals surface area contributed by atoms with Gasteiger partial charge in [-0.25, -0.2) is 0 Å². The summed E-state index contributed by atoms with van der Waals surface area (Å²) in [4.78, 5) is 10.9. The first-order valence-electron chi connectivity index (χ1n) is 4.45. The smallest absolute Gasteiger partial charge is 0.126 e. The highest BCUT2D eigenvalue weighted by molar-refractivity contribution is 5.60. The molecule has 0 aromatic carbocycles. The number of carbonyl (C=O) groups excluding carboxylic acids is 1. The van der Waals surface area contributed by atoms with Crippen molar-refractivity contribution >= 4 is 6.29 Å². The normalized spacial score (nSPS) is 29.2. The van der Waals surface area contributed by atoms with E-state index in [1.165, 1.54) is 5.57 Å². The molecule has 0 heterocycles. The van der Waals surface area contributed by atoms with Gasteiger partial charge >= 0.3 is 0 Å². The highest BCUT2D eigenvalue weighted by Crippen LogP contribution is 2.36. The third-order valence-electron chi connectivity index (χ3n) is 2.68. The van der Waals surface area contributed by atoms with Gasteiger partial charge in [0.25, 0.3) is 0 Å². The maximum absolute atomic E-state index is 10.9. The molecule has 12 heavy (non-hydrogen) atoms. The molecule has 1 unspecified atom stereocenters. The Kier molecular flexibility index (Phi) is 2.85. The summed E-state index contributed by atoms with van der Waals surface area (Å²) in [5.41, 5.74) is 1.29. The Morgan fingerprint density at radius 1 is 1.75 bits per heavy atom. The van der Waals surface area contributed by atoms with E-state index < -0.39 is 0 Å². The van der Waals surface area contributed by atoms with Crippen molar-refractivity contribution in [2.24, 2.45) is 5.41 Å². The van der Waals surface area contributed by atoms with Gasteiger partial charge in [-0.3, -0.25) is 0 Å². The van der Waals surface area contributed by atoms with Crippen LogP contribution in [0.5, 0.6) is 0 Å². The van der Waals surface area contributed by atoms with E-state index in [-0.39, 0.29) is 5.41 Å². The first-order valence-corrected chi connectivity index (χ1v) is 4.45. The molecule has 0 saturated carbocycles. The Hall–Kier alpha value is -0.850. The molecule has 1 aliphatic carbocycles. The lowest BCUT2D eigenvalue weighted by atomic mass is 9.74. The minimum absolute atomic E-state index is 0.124. The van der Waals surface area contributed by atoms with Crippen LogP contribution in [0, 0.1) is 5.41 Å². The zero-order valence-electron chi connectivity index (χ0n) is 7.68. The number of carbonyl (C=O) groups is 1. The van der Waals surface area contributed by atoms with E-state index in [4.69, 9.17) is 0 Å². The molecule has 1 nitrogen and oxygen atoms in total. The molecule has 1 aliphatic rings. The Morgan fingerprint density at radius 3 is 2.92 bits per heavy atom. The Bertz CT molecular complexity index is 215. The summed E-state index contributed by atoms with van der Waals surface area (Å²) in [5, 5.41) is 0. The molecular formula is C11H16O. The molecule has 1 atom stereocenters. The Labute approximate surface area is 74.2 Å². The van der Waals surface area contributed by atoms with E-state index in [0.717, 1.165) is 32.0 Å². The van der Waals surface area contributed by atoms with Crippen molar-refractivity contribution in [1.29, 1.82) is 0 Å². The summed E-state index contributed by atoms with van der Waals surface area (Å²) >= 11 is 0. The molecule has 0 fully saturated rings. The van der Waals surface area contributed by atoms with Crippen LogP contribution in [0.15, 0.2) is 24.3 Å². The highest BCUT2D eigenvalue weighted by Gasteiger charge is 2.29. The van der Waals surface area contributed by atoms with Crippen LogP contribution in [-0.2, 0) is 4.79 Å². The van der Waals surface area contributed by atoms with Crippen LogP contribution in [0.25, 0.3) is 0 Å². The van der Waals surface area contributed by atoms with Crippen molar-refractivity contribution in [3.63, 3.8) is 0 Å². The number of rotatable bonds is 3. The summed E-state index contributed by atoms with van der Waals surface area (Å²) < 4.78 is 0. The molecular weight excluding hydrogens is 148 g/mol. The van der Waals surface area contributed by atoms with Crippen LogP contribution < -0.4 is 0 Å². The van der Waals surface area contributed by atoms with E-state index in [9.17, 15) is 4.79 Å². The third-order valence-corrected chi connectivity index (χ3v) is 2.68. The summed E-state index contributed by atoms with van der Waals surface area (Å²) in [6.45, 7) is 5.81. The monoisotopic (exact) mass is 164 g/mol. The lowest BCUT2D eigenvalue weighted by Gasteiger charge is -2.29. The van der Waals surface area contributed by atoms with Gasteiger partial charge < -0.3 is 4.79 Å². The molecule has 0 aliphatic heterocycles. The van der Waals surface area contributed by atoms with Gasteiger partial charge in [0.2, 0.25) is 0 Å². The van der Waals surface area contributed by atoms with E-state index in [1.807, 2.05) is 6.08 Å². The van der Waals surface area contributed by atoms with Crippen LogP contribution in [0.2, 0.25) is 0 Å². The minimum atomic E-state index is -0.124. The van der Waals surface area contributed by atoms with Gasteiger partial charge in [-0.1, -0.05) is 17.7 Å². The maximum Gasteiger partial charge on any atom is 0.126 e. The average molecular weight is 164 g/mol. The Balaban J connectivity index is 2.70. The minimum Gasteiger partial charge on any atom is -0.303 e. The van der Waals surface area contributed by atoms with Gasteiger partial charge in [-0.2, -0.15) is 0 Å². The molecule has 0 amide bonds. The topological polar surface area (TPSA) is 17.1 Å². The zero-order chi connectivity index (χ0) is 9.03. The van der Waals surface area contributed by atoms with Gasteiger partial charge in [0, 0.05) is 5.41 Å². The van der Waals surface area contributed by atoms with Gasteiger partial charge in [0.15, 0.2) is 0 Å². The zero-order valence-corrected chi connectivity index (χ0v) is 7.68. The van der Waals surface area contributed by atoms with E-state index in [0.29, 0.717) is 0 Å². The molecule has 1 heteroatoms. The largest absolute Gasteiger partial charge is 0.303 e. The summed E-state index contributed by atoms with van der Waals surface area (Å²) in [6, 6.07) is 0. The van der Waals surface area contributed by atoms with Crippen LogP contribution in [0.4, 0.5) is 0 Å². The van der Waals surface area contributed by atoms with Crippen molar-refractivity contribution in [3.8, 4) is 0 Å². The average Bonchev–Trinajstić information content (AvgIpc) is 2.10. The van der Waals surface area contributed by atoms with Gasteiger partial charge in [0.05, 0.1) is 0 Å². The van der Waals surface area contributed by atoms with Crippen molar-refractivity contribution in [3.05, 3.63) is 24.3 Å². The van der Waals surface area contributed by atoms with Gasteiger partial charge in [-0.05, 0) is 32.6 Å². The molecule has 0 saturated heterocycles. The molecule has 0 bridgehead atoms. The lowest BCUT2D eigenvalue weighted by molar-refractivity contribution is -0.116. The molecule has 66 valence electrons. The lowest BCUT2D eigenvalue weighted by Crippen LogP contribution is -2.23. The predicted octanol–water partition coefficient (Wildman–Crippen LogP) is 2.88. The second kappa shape index (κ2) is 3.70. The number of hydrogen-bond donors (Lipinski definition) is 0. The summed E-state index contributed by atoms with van der Waals surface area (Å²) in [5.74, 6) is 0. The van der Waals surface area contributed by atoms with Crippen molar-refractivity contribution in [2.75, 3.05) is 0 Å². The fraction of sp³-hybridized carbons (Fsp3) is 0.545. The molecule has 0 spiro atoms. The standard InChI is InChI=1S/C11H16O/c1-3-6-11(9-12)7-4-10(2)5-8-11/h3-4,9H,1,5-8H2,2H3. The number of hydrogen-bond acceptors (Lipinski definition) is 1. The fourth-order valence-electron chi connectivity index (χ4n) is 1.66. The predicted molar refractivity (Wildman–Crippen MR) is 50.9 cm³/mol. The molecule has 0 aromatic heterocycles. The maximum atomic E-state index is 10.9. The number of aldehydes is 1.